The van der Waals surface area contributed by atoms with Crippen molar-refractivity contribution in [3.05, 3.63) is 24.2 Å². The molecule has 2 rings (SSSR count). The third-order valence-corrected chi connectivity index (χ3v) is 3.45. The molecule has 0 saturated carbocycles. The van der Waals surface area contributed by atoms with Crippen LogP contribution in [0.2, 0.25) is 0 Å². The fourth-order valence-electron chi connectivity index (χ4n) is 2.21. The average molecular weight is 350 g/mol. The molecule has 2 heterocycles. The van der Waals surface area contributed by atoms with Crippen LogP contribution in [0, 0.1) is 0 Å². The predicted octanol–water partition coefficient (Wildman–Crippen LogP) is -0.789. The van der Waals surface area contributed by atoms with Crippen LogP contribution in [0.4, 0.5) is 4.79 Å². The van der Waals surface area contributed by atoms with Crippen molar-refractivity contribution in [2.45, 2.75) is 26.4 Å². The first-order chi connectivity index (χ1) is 11.8. The number of nitrogens with zero attached hydrogens (tertiary/aromatic N) is 2. The number of likely N-dealkylation sites (N-methyl/N-ethyl adjacent to an activating group) is 1. The summed E-state index contributed by atoms with van der Waals surface area (Å²) in [6, 6.07) is 1.38. The van der Waals surface area contributed by atoms with Crippen molar-refractivity contribution >= 4 is 29.7 Å². The summed E-state index contributed by atoms with van der Waals surface area (Å²) in [5, 5.41) is 4.89. The van der Waals surface area contributed by atoms with Crippen LogP contribution in [0.3, 0.4) is 0 Å². The van der Waals surface area contributed by atoms with Gasteiger partial charge >= 0.3 is 17.8 Å². The standard InChI is InChI=1S/C15H18N4O6/c1-3-16-12(21)9(2)17-11(20)8-19-14(23)13(22)18(15(19)24)7-10-5-4-6-25-10/h4-6,9H,3,7-8H2,1-2H3,(H,16,21)(H,17,20)/t9-/m1/s1. The minimum Gasteiger partial charge on any atom is -0.467 e. The number of nitrogens with one attached hydrogen (secondary N) is 2. The molecule has 1 saturated heterocycles. The molecule has 0 spiro atoms. The third-order valence-electron chi connectivity index (χ3n) is 3.45. The Kier molecular flexibility index (Phi) is 5.52. The van der Waals surface area contributed by atoms with Gasteiger partial charge in [0.1, 0.15) is 18.3 Å². The molecule has 6 amide bonds. The molecule has 1 aromatic rings. The Morgan fingerprint density at radius 2 is 1.88 bits per heavy atom. The van der Waals surface area contributed by atoms with E-state index in [1.165, 1.54) is 13.2 Å². The maximum absolute atomic E-state index is 12.2. The van der Waals surface area contributed by atoms with Crippen LogP contribution in [0.1, 0.15) is 19.6 Å². The van der Waals surface area contributed by atoms with Gasteiger partial charge in [-0.1, -0.05) is 0 Å². The summed E-state index contributed by atoms with van der Waals surface area (Å²) in [6.07, 6.45) is 1.37. The van der Waals surface area contributed by atoms with Gasteiger partial charge in [0.15, 0.2) is 0 Å². The molecule has 2 N–H and O–H groups in total. The Bertz CT molecular complexity index is 699. The Morgan fingerprint density at radius 1 is 1.20 bits per heavy atom. The second-order valence-electron chi connectivity index (χ2n) is 5.33. The zero-order chi connectivity index (χ0) is 18.6. The maximum atomic E-state index is 12.2. The Morgan fingerprint density at radius 3 is 2.48 bits per heavy atom. The lowest BCUT2D eigenvalue weighted by atomic mass is 10.3. The molecule has 1 atom stereocenters. The van der Waals surface area contributed by atoms with Gasteiger partial charge in [-0.15, -0.1) is 0 Å². The number of imide groups is 2. The van der Waals surface area contributed by atoms with Crippen molar-refractivity contribution in [2.75, 3.05) is 13.1 Å². The third kappa shape index (κ3) is 4.03. The molecule has 134 valence electrons. The molecule has 1 aliphatic heterocycles. The molecule has 0 aromatic carbocycles. The quantitative estimate of drug-likeness (QED) is 0.490. The number of hydrogen-bond donors (Lipinski definition) is 2. The average Bonchev–Trinajstić information content (AvgIpc) is 3.14. The van der Waals surface area contributed by atoms with Crippen LogP contribution < -0.4 is 10.6 Å². The SMILES string of the molecule is CCNC(=O)[C@@H](C)NC(=O)CN1C(=O)C(=O)N(Cc2ccco2)C1=O. The minimum absolute atomic E-state index is 0.205. The summed E-state index contributed by atoms with van der Waals surface area (Å²) in [5.74, 6) is -2.94. The first-order valence-corrected chi connectivity index (χ1v) is 7.62. The highest BCUT2D eigenvalue weighted by Crippen LogP contribution is 2.16. The first kappa shape index (κ1) is 18.2. The van der Waals surface area contributed by atoms with Gasteiger partial charge in [0.2, 0.25) is 11.8 Å². The monoisotopic (exact) mass is 350 g/mol. The summed E-state index contributed by atoms with van der Waals surface area (Å²) in [6.45, 7) is 2.74. The van der Waals surface area contributed by atoms with E-state index in [0.717, 1.165) is 0 Å². The highest BCUT2D eigenvalue weighted by Gasteiger charge is 2.45. The van der Waals surface area contributed by atoms with Crippen molar-refractivity contribution in [1.29, 1.82) is 0 Å². The fraction of sp³-hybridized carbons (Fsp3) is 0.400. The summed E-state index contributed by atoms with van der Waals surface area (Å²) >= 11 is 0. The Hall–Kier alpha value is -3.17. The molecular formula is C15H18N4O6. The summed E-state index contributed by atoms with van der Waals surface area (Å²) in [4.78, 5) is 60.8. The van der Waals surface area contributed by atoms with Crippen molar-refractivity contribution in [1.82, 2.24) is 20.4 Å². The number of amides is 6. The predicted molar refractivity (Wildman–Crippen MR) is 82.7 cm³/mol. The number of rotatable bonds is 7. The van der Waals surface area contributed by atoms with Gasteiger partial charge < -0.3 is 15.1 Å². The van der Waals surface area contributed by atoms with Crippen molar-refractivity contribution < 1.29 is 28.4 Å². The zero-order valence-corrected chi connectivity index (χ0v) is 13.8. The van der Waals surface area contributed by atoms with Crippen LogP contribution >= 0.6 is 0 Å². The van der Waals surface area contributed by atoms with E-state index in [4.69, 9.17) is 4.42 Å². The van der Waals surface area contributed by atoms with E-state index in [1.807, 2.05) is 0 Å². The van der Waals surface area contributed by atoms with Gasteiger partial charge in [-0.2, -0.15) is 0 Å². The van der Waals surface area contributed by atoms with Crippen LogP contribution in [0.5, 0.6) is 0 Å². The second-order valence-corrected chi connectivity index (χ2v) is 5.33. The fourth-order valence-corrected chi connectivity index (χ4v) is 2.21. The van der Waals surface area contributed by atoms with Crippen molar-refractivity contribution in [3.8, 4) is 0 Å². The molecule has 10 heteroatoms. The number of carbonyl (C=O) groups is 5. The largest absolute Gasteiger partial charge is 0.467 e. The van der Waals surface area contributed by atoms with Gasteiger partial charge in [-0.3, -0.25) is 19.2 Å². The Balaban J connectivity index is 1.98. The first-order valence-electron chi connectivity index (χ1n) is 7.62. The van der Waals surface area contributed by atoms with E-state index < -0.39 is 42.2 Å². The van der Waals surface area contributed by atoms with Crippen molar-refractivity contribution in [3.63, 3.8) is 0 Å². The van der Waals surface area contributed by atoms with Gasteiger partial charge in [0, 0.05) is 6.54 Å². The zero-order valence-electron chi connectivity index (χ0n) is 13.8. The smallest absolute Gasteiger partial charge is 0.335 e. The minimum atomic E-state index is -1.10. The van der Waals surface area contributed by atoms with Crippen molar-refractivity contribution in [2.24, 2.45) is 0 Å². The molecule has 25 heavy (non-hydrogen) atoms. The van der Waals surface area contributed by atoms with E-state index >= 15 is 0 Å². The molecule has 0 radical (unpaired) electrons. The molecular weight excluding hydrogens is 332 g/mol. The summed E-state index contributed by atoms with van der Waals surface area (Å²) in [7, 11) is 0. The van der Waals surface area contributed by atoms with Crippen LogP contribution in [-0.2, 0) is 25.7 Å². The van der Waals surface area contributed by atoms with Gasteiger partial charge in [-0.25, -0.2) is 14.6 Å². The molecule has 0 unspecified atom stereocenters. The lowest BCUT2D eigenvalue weighted by Gasteiger charge is -2.17. The van der Waals surface area contributed by atoms with Gasteiger partial charge in [0.05, 0.1) is 12.8 Å². The van der Waals surface area contributed by atoms with E-state index in [-0.39, 0.29) is 6.54 Å². The molecule has 1 aliphatic rings. The summed E-state index contributed by atoms with van der Waals surface area (Å²) < 4.78 is 5.05. The second kappa shape index (κ2) is 7.60. The summed E-state index contributed by atoms with van der Waals surface area (Å²) in [5.41, 5.74) is 0. The molecule has 0 aliphatic carbocycles. The number of urea groups is 1. The van der Waals surface area contributed by atoms with Crippen LogP contribution in [0.25, 0.3) is 0 Å². The highest BCUT2D eigenvalue weighted by molar-refractivity contribution is 6.44. The number of hydrogen-bond acceptors (Lipinski definition) is 6. The van der Waals surface area contributed by atoms with Gasteiger partial charge in [-0.05, 0) is 26.0 Å². The van der Waals surface area contributed by atoms with E-state index in [1.54, 1.807) is 19.1 Å². The highest BCUT2D eigenvalue weighted by atomic mass is 16.3. The van der Waals surface area contributed by atoms with Gasteiger partial charge in [0.25, 0.3) is 0 Å². The molecule has 0 bridgehead atoms. The normalized spacial score (nSPS) is 15.5. The van der Waals surface area contributed by atoms with E-state index in [2.05, 4.69) is 10.6 Å². The van der Waals surface area contributed by atoms with Crippen LogP contribution in [-0.4, -0.2) is 58.6 Å². The number of carbonyl (C=O) groups excluding carboxylic acids is 5. The topological polar surface area (TPSA) is 129 Å². The van der Waals surface area contributed by atoms with Crippen LogP contribution in [0.15, 0.2) is 22.8 Å². The van der Waals surface area contributed by atoms with E-state index in [0.29, 0.717) is 22.1 Å². The maximum Gasteiger partial charge on any atom is 0.335 e. The molecule has 1 fully saturated rings. The van der Waals surface area contributed by atoms with E-state index in [9.17, 15) is 24.0 Å². The molecule has 1 aromatic heterocycles. The number of furan rings is 1. The lowest BCUT2D eigenvalue weighted by Crippen LogP contribution is -2.49. The Labute approximate surface area is 143 Å². The lowest BCUT2D eigenvalue weighted by molar-refractivity contribution is -0.144. The molecule has 10 nitrogen and oxygen atoms in total.